The highest BCUT2D eigenvalue weighted by Crippen LogP contribution is 2.30. The van der Waals surface area contributed by atoms with Crippen LogP contribution in [-0.2, 0) is 5.41 Å². The van der Waals surface area contributed by atoms with E-state index in [1.807, 2.05) is 36.4 Å². The number of nitrogens with zero attached hydrogens (tertiary/aromatic N) is 6. The molecule has 0 aliphatic carbocycles. The van der Waals surface area contributed by atoms with Crippen molar-refractivity contribution in [3.8, 4) is 11.6 Å². The van der Waals surface area contributed by atoms with Gasteiger partial charge in [0.2, 0.25) is 0 Å². The van der Waals surface area contributed by atoms with Gasteiger partial charge >= 0.3 is 0 Å². The molecule has 0 radical (unpaired) electrons. The Morgan fingerprint density at radius 2 is 1.15 bits per heavy atom. The Hall–Kier alpha value is -2.70. The molecule has 0 bridgehead atoms. The number of hydrogen-bond donors (Lipinski definition) is 0. The van der Waals surface area contributed by atoms with Crippen LogP contribution in [-0.4, -0.2) is 29.5 Å². The Morgan fingerprint density at radius 1 is 0.704 bits per heavy atom. The molecule has 0 amide bonds. The number of hydrogen-bond acceptors (Lipinski definition) is 4. The van der Waals surface area contributed by atoms with E-state index in [1.165, 1.54) is 0 Å². The van der Waals surface area contributed by atoms with Gasteiger partial charge in [-0.15, -0.1) is 0 Å². The SMILES string of the molecule is CC(C)(c1cccc(-n2ccc(Cl)n2)n1)c1cccc(-n2ccc(Cl)n2)n1. The Bertz CT molecular complexity index is 1010. The average molecular weight is 399 g/mol. The van der Waals surface area contributed by atoms with Crippen LogP contribution in [0, 0.1) is 0 Å². The first kappa shape index (κ1) is 17.7. The van der Waals surface area contributed by atoms with E-state index < -0.39 is 5.41 Å². The van der Waals surface area contributed by atoms with Gasteiger partial charge < -0.3 is 0 Å². The van der Waals surface area contributed by atoms with Crippen LogP contribution in [0.25, 0.3) is 11.6 Å². The van der Waals surface area contributed by atoms with E-state index in [0.717, 1.165) is 11.4 Å². The van der Waals surface area contributed by atoms with Crippen molar-refractivity contribution >= 4 is 23.2 Å². The molecule has 0 atom stereocenters. The monoisotopic (exact) mass is 398 g/mol. The first-order valence-corrected chi connectivity index (χ1v) is 9.07. The van der Waals surface area contributed by atoms with Gasteiger partial charge in [0.25, 0.3) is 0 Å². The molecule has 0 aliphatic rings. The van der Waals surface area contributed by atoms with E-state index in [9.17, 15) is 0 Å². The molecule has 4 aromatic rings. The predicted molar refractivity (Wildman–Crippen MR) is 105 cm³/mol. The Balaban J connectivity index is 1.73. The summed E-state index contributed by atoms with van der Waals surface area (Å²) in [7, 11) is 0. The lowest BCUT2D eigenvalue weighted by Crippen LogP contribution is -2.23. The van der Waals surface area contributed by atoms with Gasteiger partial charge in [-0.3, -0.25) is 0 Å². The molecule has 0 spiro atoms. The topological polar surface area (TPSA) is 61.4 Å². The molecule has 0 aliphatic heterocycles. The average Bonchev–Trinajstić information content (AvgIpc) is 3.30. The number of rotatable bonds is 4. The van der Waals surface area contributed by atoms with Crippen molar-refractivity contribution < 1.29 is 0 Å². The van der Waals surface area contributed by atoms with Crippen LogP contribution >= 0.6 is 23.2 Å². The molecule has 4 aromatic heterocycles. The van der Waals surface area contributed by atoms with E-state index in [2.05, 4.69) is 24.0 Å². The van der Waals surface area contributed by atoms with E-state index in [-0.39, 0.29) is 0 Å². The lowest BCUT2D eigenvalue weighted by molar-refractivity contribution is 0.588. The van der Waals surface area contributed by atoms with Crippen LogP contribution in [0.3, 0.4) is 0 Å². The quantitative estimate of drug-likeness (QED) is 0.508. The van der Waals surface area contributed by atoms with Crippen molar-refractivity contribution in [2.75, 3.05) is 0 Å². The summed E-state index contributed by atoms with van der Waals surface area (Å²) in [5.74, 6) is 1.39. The first-order chi connectivity index (χ1) is 12.9. The van der Waals surface area contributed by atoms with Crippen LogP contribution in [0.1, 0.15) is 25.2 Å². The minimum Gasteiger partial charge on any atom is -0.233 e. The second-order valence-electron chi connectivity index (χ2n) is 6.55. The van der Waals surface area contributed by atoms with Crippen molar-refractivity contribution in [3.63, 3.8) is 0 Å². The Labute approximate surface area is 166 Å². The number of pyridine rings is 2. The smallest absolute Gasteiger partial charge is 0.153 e. The van der Waals surface area contributed by atoms with Crippen LogP contribution in [0.4, 0.5) is 0 Å². The highest BCUT2D eigenvalue weighted by Gasteiger charge is 2.27. The lowest BCUT2D eigenvalue weighted by Gasteiger charge is -2.24. The molecule has 0 N–H and O–H groups in total. The van der Waals surface area contributed by atoms with Crippen LogP contribution in [0.2, 0.25) is 10.3 Å². The molecule has 0 fully saturated rings. The Kier molecular flexibility index (Phi) is 4.45. The molecule has 4 heterocycles. The van der Waals surface area contributed by atoms with Crippen molar-refractivity contribution in [2.45, 2.75) is 19.3 Å². The molecule has 27 heavy (non-hydrogen) atoms. The van der Waals surface area contributed by atoms with Gasteiger partial charge in [0.15, 0.2) is 21.9 Å². The van der Waals surface area contributed by atoms with Gasteiger partial charge in [-0.1, -0.05) is 35.3 Å². The molecular formula is C19H16Cl2N6. The van der Waals surface area contributed by atoms with Crippen molar-refractivity contribution in [1.29, 1.82) is 0 Å². The minimum atomic E-state index is -0.431. The van der Waals surface area contributed by atoms with Crippen molar-refractivity contribution in [1.82, 2.24) is 29.5 Å². The third kappa shape index (κ3) is 3.46. The Morgan fingerprint density at radius 3 is 1.52 bits per heavy atom. The third-order valence-electron chi connectivity index (χ3n) is 4.33. The number of halogens is 2. The summed E-state index contributed by atoms with van der Waals surface area (Å²) >= 11 is 11.9. The molecule has 4 rings (SSSR count). The maximum absolute atomic E-state index is 5.93. The summed E-state index contributed by atoms with van der Waals surface area (Å²) in [5.41, 5.74) is 1.31. The zero-order valence-electron chi connectivity index (χ0n) is 14.7. The highest BCUT2D eigenvalue weighted by atomic mass is 35.5. The molecule has 8 heteroatoms. The zero-order chi connectivity index (χ0) is 19.0. The zero-order valence-corrected chi connectivity index (χ0v) is 16.2. The molecule has 6 nitrogen and oxygen atoms in total. The van der Waals surface area contributed by atoms with E-state index in [0.29, 0.717) is 21.9 Å². The predicted octanol–water partition coefficient (Wildman–Crippen LogP) is 4.48. The highest BCUT2D eigenvalue weighted by molar-refractivity contribution is 6.29. The fourth-order valence-electron chi connectivity index (χ4n) is 2.79. The molecule has 0 unspecified atom stereocenters. The van der Waals surface area contributed by atoms with Crippen molar-refractivity contribution in [3.05, 3.63) is 82.6 Å². The molecular weight excluding hydrogens is 383 g/mol. The van der Waals surface area contributed by atoms with Crippen LogP contribution in [0.15, 0.2) is 60.9 Å². The van der Waals surface area contributed by atoms with Crippen LogP contribution in [0.5, 0.6) is 0 Å². The molecule has 0 saturated carbocycles. The summed E-state index contributed by atoms with van der Waals surface area (Å²) in [5, 5.41) is 9.28. The third-order valence-corrected chi connectivity index (χ3v) is 4.74. The summed E-state index contributed by atoms with van der Waals surface area (Å²) in [6.45, 7) is 4.16. The molecule has 0 saturated heterocycles. The largest absolute Gasteiger partial charge is 0.233 e. The number of aromatic nitrogens is 6. The normalized spacial score (nSPS) is 11.7. The van der Waals surface area contributed by atoms with Gasteiger partial charge in [-0.2, -0.15) is 10.2 Å². The van der Waals surface area contributed by atoms with Gasteiger partial charge in [0, 0.05) is 17.8 Å². The van der Waals surface area contributed by atoms with Crippen LogP contribution < -0.4 is 0 Å². The molecule has 0 aromatic carbocycles. The summed E-state index contributed by atoms with van der Waals surface area (Å²) < 4.78 is 3.30. The lowest BCUT2D eigenvalue weighted by atomic mass is 9.84. The fourth-order valence-corrected chi connectivity index (χ4v) is 3.06. The van der Waals surface area contributed by atoms with Gasteiger partial charge in [-0.25, -0.2) is 19.3 Å². The van der Waals surface area contributed by atoms with Gasteiger partial charge in [0.05, 0.1) is 11.4 Å². The summed E-state index contributed by atoms with van der Waals surface area (Å²) in [4.78, 5) is 9.54. The maximum atomic E-state index is 5.93. The van der Waals surface area contributed by atoms with E-state index in [4.69, 9.17) is 33.2 Å². The van der Waals surface area contributed by atoms with Gasteiger partial charge in [-0.05, 0) is 50.2 Å². The standard InChI is InChI=1S/C19H16Cl2N6/c1-19(2,13-5-3-7-17(22-13)26-11-9-15(20)24-26)14-6-4-8-18(23-14)27-12-10-16(21)25-27/h3-12H,1-2H3. The first-order valence-electron chi connectivity index (χ1n) is 8.32. The maximum Gasteiger partial charge on any atom is 0.153 e. The molecule has 136 valence electrons. The van der Waals surface area contributed by atoms with E-state index in [1.54, 1.807) is 33.9 Å². The minimum absolute atomic E-state index is 0.425. The summed E-state index contributed by atoms with van der Waals surface area (Å²) in [6.07, 6.45) is 3.56. The summed E-state index contributed by atoms with van der Waals surface area (Å²) in [6, 6.07) is 15.1. The second-order valence-corrected chi connectivity index (χ2v) is 7.33. The van der Waals surface area contributed by atoms with Crippen molar-refractivity contribution in [2.24, 2.45) is 0 Å². The van der Waals surface area contributed by atoms with E-state index >= 15 is 0 Å². The second kappa shape index (κ2) is 6.79. The fraction of sp³-hybridized carbons (Fsp3) is 0.158. The van der Waals surface area contributed by atoms with Gasteiger partial charge in [0.1, 0.15) is 0 Å².